The van der Waals surface area contributed by atoms with E-state index in [-0.39, 0.29) is 12.2 Å². The van der Waals surface area contributed by atoms with E-state index in [2.05, 4.69) is 0 Å². The molecule has 0 aliphatic heterocycles. The van der Waals surface area contributed by atoms with E-state index in [9.17, 15) is 4.79 Å². The van der Waals surface area contributed by atoms with Gasteiger partial charge >= 0.3 is 0 Å². The Bertz CT molecular complexity index is 884. The predicted molar refractivity (Wildman–Crippen MR) is 99.5 cm³/mol. The van der Waals surface area contributed by atoms with Gasteiger partial charge < -0.3 is 9.47 Å². The summed E-state index contributed by atoms with van der Waals surface area (Å²) < 4.78 is 10.8. The Morgan fingerprint density at radius 2 is 1.28 bits per heavy atom. The summed E-state index contributed by atoms with van der Waals surface area (Å²) in [6.45, 7) is 0. The van der Waals surface area contributed by atoms with Crippen molar-refractivity contribution in [2.75, 3.05) is 14.2 Å². The number of rotatable bonds is 6. The summed E-state index contributed by atoms with van der Waals surface area (Å²) in [4.78, 5) is 13.0. The van der Waals surface area contributed by atoms with Crippen LogP contribution < -0.4 is 9.47 Å². The van der Waals surface area contributed by atoms with Crippen molar-refractivity contribution in [3.63, 3.8) is 0 Å². The molecule has 0 aromatic heterocycles. The van der Waals surface area contributed by atoms with Crippen LogP contribution in [0.3, 0.4) is 0 Å². The van der Waals surface area contributed by atoms with Crippen molar-refractivity contribution in [2.45, 2.75) is 6.42 Å². The maximum Gasteiger partial charge on any atom is 0.168 e. The molecule has 3 heteroatoms. The number of ether oxygens (including phenoxy) is 2. The molecular formula is C22H20O3. The molecule has 126 valence electrons. The maximum atomic E-state index is 13.0. The minimum absolute atomic E-state index is 0.0472. The van der Waals surface area contributed by atoms with Crippen LogP contribution in [-0.2, 0) is 6.42 Å². The molecule has 25 heavy (non-hydrogen) atoms. The smallest absolute Gasteiger partial charge is 0.168 e. The third-order valence-electron chi connectivity index (χ3n) is 4.17. The molecule has 0 atom stereocenters. The van der Waals surface area contributed by atoms with Crippen LogP contribution in [0.4, 0.5) is 0 Å². The van der Waals surface area contributed by atoms with E-state index >= 15 is 0 Å². The van der Waals surface area contributed by atoms with E-state index in [0.29, 0.717) is 5.56 Å². The molecule has 0 aliphatic rings. The van der Waals surface area contributed by atoms with E-state index in [1.807, 2.05) is 72.8 Å². The summed E-state index contributed by atoms with van der Waals surface area (Å²) in [6.07, 6.45) is 0.288. The van der Waals surface area contributed by atoms with Gasteiger partial charge in [-0.15, -0.1) is 0 Å². The van der Waals surface area contributed by atoms with Gasteiger partial charge in [0, 0.05) is 23.1 Å². The molecule has 0 amide bonds. The van der Waals surface area contributed by atoms with Gasteiger partial charge in [0.25, 0.3) is 0 Å². The van der Waals surface area contributed by atoms with Crippen LogP contribution >= 0.6 is 0 Å². The molecule has 0 N–H and O–H groups in total. The number of para-hydroxylation sites is 2. The largest absolute Gasteiger partial charge is 0.496 e. The fraction of sp³-hybridized carbons (Fsp3) is 0.136. The lowest BCUT2D eigenvalue weighted by Gasteiger charge is -2.13. The Kier molecular flexibility index (Phi) is 5.14. The summed E-state index contributed by atoms with van der Waals surface area (Å²) in [5.41, 5.74) is 3.34. The molecule has 3 aromatic carbocycles. The molecule has 3 aromatic rings. The minimum atomic E-state index is 0.0472. The number of benzene rings is 3. The second-order valence-electron chi connectivity index (χ2n) is 5.66. The zero-order chi connectivity index (χ0) is 17.6. The zero-order valence-electron chi connectivity index (χ0n) is 14.4. The van der Waals surface area contributed by atoms with Gasteiger partial charge in [0.15, 0.2) is 5.78 Å². The van der Waals surface area contributed by atoms with Gasteiger partial charge in [0.2, 0.25) is 0 Å². The fourth-order valence-corrected chi connectivity index (χ4v) is 2.95. The zero-order valence-corrected chi connectivity index (χ0v) is 14.4. The summed E-state index contributed by atoms with van der Waals surface area (Å²) in [7, 11) is 3.25. The molecule has 3 rings (SSSR count). The maximum absolute atomic E-state index is 13.0. The molecule has 0 saturated carbocycles. The first-order valence-corrected chi connectivity index (χ1v) is 8.12. The average molecular weight is 332 g/mol. The Labute approximate surface area is 147 Å². The second-order valence-corrected chi connectivity index (χ2v) is 5.66. The number of carbonyl (C=O) groups is 1. The number of ketones is 1. The standard InChI is InChI=1S/C22H20O3/c1-24-21-13-7-3-9-16(21)15-20(23)18-11-5-4-10-17(18)19-12-6-8-14-22(19)25-2/h3-14H,15H2,1-2H3. The van der Waals surface area contributed by atoms with Crippen LogP contribution in [0.2, 0.25) is 0 Å². The Hall–Kier alpha value is -3.07. The number of hydrogen-bond acceptors (Lipinski definition) is 3. The predicted octanol–water partition coefficient (Wildman–Crippen LogP) is 4.80. The van der Waals surface area contributed by atoms with Crippen molar-refractivity contribution >= 4 is 5.78 Å². The molecule has 0 heterocycles. The van der Waals surface area contributed by atoms with E-state index in [1.165, 1.54) is 0 Å². The third-order valence-corrected chi connectivity index (χ3v) is 4.17. The van der Waals surface area contributed by atoms with Crippen LogP contribution in [0.25, 0.3) is 11.1 Å². The fourth-order valence-electron chi connectivity index (χ4n) is 2.95. The van der Waals surface area contributed by atoms with Crippen LogP contribution in [0.5, 0.6) is 11.5 Å². The van der Waals surface area contributed by atoms with Gasteiger partial charge in [-0.05, 0) is 17.7 Å². The van der Waals surface area contributed by atoms with Gasteiger partial charge in [-0.1, -0.05) is 60.7 Å². The first kappa shape index (κ1) is 16.8. The van der Waals surface area contributed by atoms with Gasteiger partial charge in [0.1, 0.15) is 11.5 Å². The van der Waals surface area contributed by atoms with E-state index in [4.69, 9.17) is 9.47 Å². The van der Waals surface area contributed by atoms with Crippen molar-refractivity contribution in [2.24, 2.45) is 0 Å². The molecule has 0 aliphatic carbocycles. The third kappa shape index (κ3) is 3.56. The quantitative estimate of drug-likeness (QED) is 0.609. The first-order valence-electron chi connectivity index (χ1n) is 8.12. The highest BCUT2D eigenvalue weighted by atomic mass is 16.5. The highest BCUT2D eigenvalue weighted by molar-refractivity contribution is 6.04. The van der Waals surface area contributed by atoms with Crippen LogP contribution in [0.15, 0.2) is 72.8 Å². The van der Waals surface area contributed by atoms with E-state index in [1.54, 1.807) is 14.2 Å². The second kappa shape index (κ2) is 7.67. The number of hydrogen-bond donors (Lipinski definition) is 0. The summed E-state index contributed by atoms with van der Waals surface area (Å²) in [6, 6.07) is 23.0. The summed E-state index contributed by atoms with van der Waals surface area (Å²) in [5, 5.41) is 0. The molecule has 0 radical (unpaired) electrons. The number of methoxy groups -OCH3 is 2. The van der Waals surface area contributed by atoms with Crippen molar-refractivity contribution in [1.82, 2.24) is 0 Å². The van der Waals surface area contributed by atoms with Gasteiger partial charge in [-0.2, -0.15) is 0 Å². The number of Topliss-reactive ketones (excluding diaryl/α,β-unsaturated/α-hetero) is 1. The normalized spacial score (nSPS) is 10.3. The summed E-state index contributed by atoms with van der Waals surface area (Å²) in [5.74, 6) is 1.52. The Morgan fingerprint density at radius 1 is 0.720 bits per heavy atom. The monoisotopic (exact) mass is 332 g/mol. The van der Waals surface area contributed by atoms with Crippen molar-refractivity contribution in [3.8, 4) is 22.6 Å². The molecule has 3 nitrogen and oxygen atoms in total. The lowest BCUT2D eigenvalue weighted by molar-refractivity contribution is 0.0992. The van der Waals surface area contributed by atoms with Crippen molar-refractivity contribution in [1.29, 1.82) is 0 Å². The molecule has 0 unspecified atom stereocenters. The van der Waals surface area contributed by atoms with Gasteiger partial charge in [-0.25, -0.2) is 0 Å². The molecule has 0 spiro atoms. The summed E-state index contributed by atoms with van der Waals surface area (Å²) >= 11 is 0. The van der Waals surface area contributed by atoms with Crippen LogP contribution in [0.1, 0.15) is 15.9 Å². The van der Waals surface area contributed by atoms with Gasteiger partial charge in [0.05, 0.1) is 14.2 Å². The molecule has 0 fully saturated rings. The first-order chi connectivity index (χ1) is 12.2. The Balaban J connectivity index is 2.00. The average Bonchev–Trinajstić information content (AvgIpc) is 2.68. The van der Waals surface area contributed by atoms with Gasteiger partial charge in [-0.3, -0.25) is 4.79 Å². The minimum Gasteiger partial charge on any atom is -0.496 e. The molecular weight excluding hydrogens is 312 g/mol. The topological polar surface area (TPSA) is 35.5 Å². The molecule has 0 bridgehead atoms. The number of carbonyl (C=O) groups excluding carboxylic acids is 1. The Morgan fingerprint density at radius 3 is 2.00 bits per heavy atom. The van der Waals surface area contributed by atoms with Crippen LogP contribution in [-0.4, -0.2) is 20.0 Å². The molecule has 0 saturated heterocycles. The highest BCUT2D eigenvalue weighted by Gasteiger charge is 2.16. The van der Waals surface area contributed by atoms with Crippen LogP contribution in [0, 0.1) is 0 Å². The van der Waals surface area contributed by atoms with Crippen molar-refractivity contribution < 1.29 is 14.3 Å². The van der Waals surface area contributed by atoms with Crippen molar-refractivity contribution in [3.05, 3.63) is 83.9 Å². The van der Waals surface area contributed by atoms with E-state index < -0.39 is 0 Å². The lowest BCUT2D eigenvalue weighted by atomic mass is 9.93. The SMILES string of the molecule is COc1ccccc1CC(=O)c1ccccc1-c1ccccc1OC. The highest BCUT2D eigenvalue weighted by Crippen LogP contribution is 2.33. The lowest BCUT2D eigenvalue weighted by Crippen LogP contribution is -2.07. The van der Waals surface area contributed by atoms with E-state index in [0.717, 1.165) is 28.2 Å².